The van der Waals surface area contributed by atoms with Crippen molar-refractivity contribution in [2.75, 3.05) is 0 Å². The highest BCUT2D eigenvalue weighted by atomic mass is 16.3. The summed E-state index contributed by atoms with van der Waals surface area (Å²) in [6, 6.07) is 0. The van der Waals surface area contributed by atoms with E-state index in [1.165, 1.54) is 12.8 Å². The summed E-state index contributed by atoms with van der Waals surface area (Å²) in [5.74, 6) is 0.366. The minimum absolute atomic E-state index is 0.366. The lowest BCUT2D eigenvalue weighted by Gasteiger charge is -2.36. The summed E-state index contributed by atoms with van der Waals surface area (Å²) < 4.78 is 1.67. The third kappa shape index (κ3) is 2.26. The van der Waals surface area contributed by atoms with Gasteiger partial charge in [0.1, 0.15) is 6.10 Å². The van der Waals surface area contributed by atoms with Gasteiger partial charge in [0, 0.05) is 7.05 Å². The molecule has 0 spiro atoms. The van der Waals surface area contributed by atoms with Crippen LogP contribution >= 0.6 is 0 Å². The topological polar surface area (TPSA) is 50.9 Å². The lowest BCUT2D eigenvalue weighted by atomic mass is 9.71. The maximum absolute atomic E-state index is 10.3. The summed E-state index contributed by atoms with van der Waals surface area (Å²) in [4.78, 5) is 0. The van der Waals surface area contributed by atoms with E-state index in [9.17, 15) is 5.11 Å². The molecule has 1 aromatic rings. The molecular weight excluding hydrogens is 202 g/mol. The van der Waals surface area contributed by atoms with Gasteiger partial charge >= 0.3 is 0 Å². The average Bonchev–Trinajstić information content (AvgIpc) is 2.63. The lowest BCUT2D eigenvalue weighted by Crippen LogP contribution is -2.26. The summed E-state index contributed by atoms with van der Waals surface area (Å²) in [5, 5.41) is 18.0. The van der Waals surface area contributed by atoms with Gasteiger partial charge in [-0.15, -0.1) is 5.10 Å². The first-order valence-corrected chi connectivity index (χ1v) is 6.02. The van der Waals surface area contributed by atoms with Gasteiger partial charge in [-0.05, 0) is 37.0 Å². The van der Waals surface area contributed by atoms with Gasteiger partial charge in [-0.2, -0.15) is 0 Å². The summed E-state index contributed by atoms with van der Waals surface area (Å²) in [5.41, 5.74) is 1.28. The van der Waals surface area contributed by atoms with E-state index in [2.05, 4.69) is 24.2 Å². The molecule has 1 atom stereocenters. The van der Waals surface area contributed by atoms with Crippen LogP contribution in [0.3, 0.4) is 0 Å². The molecule has 1 heterocycles. The van der Waals surface area contributed by atoms with Crippen molar-refractivity contribution in [2.24, 2.45) is 18.4 Å². The molecule has 0 aromatic carbocycles. The Balaban J connectivity index is 2.02. The fourth-order valence-electron chi connectivity index (χ4n) is 2.54. The summed E-state index contributed by atoms with van der Waals surface area (Å²) in [7, 11) is 1.83. The van der Waals surface area contributed by atoms with Crippen LogP contribution in [-0.2, 0) is 7.05 Å². The molecule has 16 heavy (non-hydrogen) atoms. The molecule has 0 saturated heterocycles. The average molecular weight is 223 g/mol. The minimum atomic E-state index is -0.406. The maximum Gasteiger partial charge on any atom is 0.100 e. The number of rotatable bonds is 2. The molecule has 0 bridgehead atoms. The van der Waals surface area contributed by atoms with E-state index in [0.717, 1.165) is 18.5 Å². The van der Waals surface area contributed by atoms with Crippen molar-refractivity contribution >= 4 is 0 Å². The lowest BCUT2D eigenvalue weighted by molar-refractivity contribution is 0.0513. The van der Waals surface area contributed by atoms with E-state index in [0.29, 0.717) is 11.3 Å². The van der Waals surface area contributed by atoms with Crippen molar-refractivity contribution in [3.63, 3.8) is 0 Å². The smallest absolute Gasteiger partial charge is 0.100 e. The zero-order valence-corrected chi connectivity index (χ0v) is 10.3. The normalized spacial score (nSPS) is 23.2. The number of aromatic nitrogens is 3. The highest BCUT2D eigenvalue weighted by molar-refractivity contribution is 5.01. The van der Waals surface area contributed by atoms with E-state index < -0.39 is 6.10 Å². The Morgan fingerprint density at radius 3 is 2.56 bits per heavy atom. The van der Waals surface area contributed by atoms with Crippen molar-refractivity contribution in [3.8, 4) is 0 Å². The molecule has 1 unspecified atom stereocenters. The largest absolute Gasteiger partial charge is 0.386 e. The standard InChI is InChI=1S/C12H21N3O/c1-12(2)6-4-9(5-7-12)11(16)10-8-13-14-15(10)3/h8-9,11,16H,4-7H2,1-3H3. The third-order valence-electron chi connectivity index (χ3n) is 3.88. The van der Waals surface area contributed by atoms with Crippen LogP contribution in [0.4, 0.5) is 0 Å². The minimum Gasteiger partial charge on any atom is -0.386 e. The fourth-order valence-corrected chi connectivity index (χ4v) is 2.54. The SMILES string of the molecule is Cn1nncc1C(O)C1CCC(C)(C)CC1. The summed E-state index contributed by atoms with van der Waals surface area (Å²) in [6.07, 6.45) is 5.85. The van der Waals surface area contributed by atoms with Gasteiger partial charge in [0.25, 0.3) is 0 Å². The first-order valence-electron chi connectivity index (χ1n) is 6.02. The number of aliphatic hydroxyl groups is 1. The summed E-state index contributed by atoms with van der Waals surface area (Å²) >= 11 is 0. The van der Waals surface area contributed by atoms with Gasteiger partial charge in [-0.25, -0.2) is 4.68 Å². The van der Waals surface area contributed by atoms with Crippen LogP contribution in [-0.4, -0.2) is 20.1 Å². The Bertz CT molecular complexity index is 349. The molecular formula is C12H21N3O. The number of hydrogen-bond acceptors (Lipinski definition) is 3. The van der Waals surface area contributed by atoms with E-state index in [-0.39, 0.29) is 0 Å². The Morgan fingerprint density at radius 1 is 1.44 bits per heavy atom. The molecule has 0 radical (unpaired) electrons. The van der Waals surface area contributed by atoms with Gasteiger partial charge in [-0.3, -0.25) is 0 Å². The molecule has 4 heteroatoms. The van der Waals surface area contributed by atoms with Crippen LogP contribution in [0.15, 0.2) is 6.20 Å². The Labute approximate surface area is 96.7 Å². The molecule has 1 aliphatic rings. The predicted molar refractivity (Wildman–Crippen MR) is 61.7 cm³/mol. The van der Waals surface area contributed by atoms with E-state index in [1.807, 2.05) is 7.05 Å². The zero-order chi connectivity index (χ0) is 11.8. The second kappa shape index (κ2) is 4.17. The molecule has 0 aliphatic heterocycles. The van der Waals surface area contributed by atoms with Crippen molar-refractivity contribution in [1.29, 1.82) is 0 Å². The van der Waals surface area contributed by atoms with Crippen molar-refractivity contribution in [3.05, 3.63) is 11.9 Å². The fraction of sp³-hybridized carbons (Fsp3) is 0.833. The number of hydrogen-bond donors (Lipinski definition) is 1. The van der Waals surface area contributed by atoms with Crippen molar-refractivity contribution in [2.45, 2.75) is 45.6 Å². The van der Waals surface area contributed by atoms with E-state index >= 15 is 0 Å². The van der Waals surface area contributed by atoms with Crippen LogP contribution in [0.2, 0.25) is 0 Å². The number of nitrogens with zero attached hydrogens (tertiary/aromatic N) is 3. The van der Waals surface area contributed by atoms with Gasteiger partial charge < -0.3 is 5.11 Å². The first-order chi connectivity index (χ1) is 7.49. The van der Waals surface area contributed by atoms with E-state index in [4.69, 9.17) is 0 Å². The van der Waals surface area contributed by atoms with Gasteiger partial charge in [-0.1, -0.05) is 19.1 Å². The molecule has 1 saturated carbocycles. The molecule has 1 fully saturated rings. The monoisotopic (exact) mass is 223 g/mol. The van der Waals surface area contributed by atoms with E-state index in [1.54, 1.807) is 10.9 Å². The number of aliphatic hydroxyl groups excluding tert-OH is 1. The quantitative estimate of drug-likeness (QED) is 0.835. The van der Waals surface area contributed by atoms with Crippen LogP contribution in [0.5, 0.6) is 0 Å². The molecule has 0 amide bonds. The zero-order valence-electron chi connectivity index (χ0n) is 10.3. The maximum atomic E-state index is 10.3. The molecule has 4 nitrogen and oxygen atoms in total. The molecule has 90 valence electrons. The van der Waals surface area contributed by atoms with Crippen LogP contribution < -0.4 is 0 Å². The second-order valence-electron chi connectivity index (χ2n) is 5.73. The molecule has 2 rings (SSSR count). The highest BCUT2D eigenvalue weighted by Gasteiger charge is 2.32. The Kier molecular flexibility index (Phi) is 3.02. The van der Waals surface area contributed by atoms with Gasteiger partial charge in [0.05, 0.1) is 11.9 Å². The van der Waals surface area contributed by atoms with Crippen LogP contribution in [0.1, 0.15) is 51.3 Å². The number of aryl methyl sites for hydroxylation is 1. The van der Waals surface area contributed by atoms with Crippen molar-refractivity contribution in [1.82, 2.24) is 15.0 Å². The first kappa shape index (κ1) is 11.6. The molecule has 1 aromatic heterocycles. The van der Waals surface area contributed by atoms with Gasteiger partial charge in [0.15, 0.2) is 0 Å². The van der Waals surface area contributed by atoms with Crippen LogP contribution in [0.25, 0.3) is 0 Å². The Hall–Kier alpha value is -0.900. The third-order valence-corrected chi connectivity index (χ3v) is 3.88. The van der Waals surface area contributed by atoms with Gasteiger partial charge in [0.2, 0.25) is 0 Å². The second-order valence-corrected chi connectivity index (χ2v) is 5.73. The predicted octanol–water partition coefficient (Wildman–Crippen LogP) is 2.06. The summed E-state index contributed by atoms with van der Waals surface area (Å²) in [6.45, 7) is 4.61. The molecule has 1 aliphatic carbocycles. The highest BCUT2D eigenvalue weighted by Crippen LogP contribution is 2.42. The van der Waals surface area contributed by atoms with Crippen LogP contribution in [0, 0.1) is 11.3 Å². The van der Waals surface area contributed by atoms with Crippen molar-refractivity contribution < 1.29 is 5.11 Å². The molecule has 1 N–H and O–H groups in total. The Morgan fingerprint density at radius 2 is 2.06 bits per heavy atom.